The molecule has 33 heavy (non-hydrogen) atoms. The van der Waals surface area contributed by atoms with Crippen LogP contribution in [0.4, 0.5) is 19.0 Å². The number of alkyl halides is 3. The van der Waals surface area contributed by atoms with Crippen molar-refractivity contribution in [2.45, 2.75) is 70.3 Å². The third-order valence-corrected chi connectivity index (χ3v) is 5.93. The number of aromatic nitrogens is 4. The fourth-order valence-corrected chi connectivity index (χ4v) is 4.35. The standard InChI is InChI=1S/C22H26ClF3N6O/c1-22(2,26)12-31-10-15(19(23)30-31)21(33)28-14-8-6-13(7-9-14)27-17-4-3-5-18-29-16(20(24)25)11-32(17)18/h3-5,10-11,13-14,20,27H,6-9,12H2,1-2H3,(H,28,33). The average Bonchev–Trinajstić information content (AvgIpc) is 3.32. The molecular formula is C22H26ClF3N6O. The van der Waals surface area contributed by atoms with Crippen molar-refractivity contribution in [1.29, 1.82) is 0 Å². The molecule has 4 rings (SSSR count). The van der Waals surface area contributed by atoms with E-state index in [2.05, 4.69) is 20.7 Å². The van der Waals surface area contributed by atoms with Gasteiger partial charge in [0, 0.05) is 24.5 Å². The minimum absolute atomic E-state index is 0.000740. The molecular weight excluding hydrogens is 457 g/mol. The lowest BCUT2D eigenvalue weighted by molar-refractivity contribution is 0.0926. The molecule has 11 heteroatoms. The maximum absolute atomic E-state index is 13.9. The van der Waals surface area contributed by atoms with Gasteiger partial charge in [0.25, 0.3) is 12.3 Å². The molecule has 3 heterocycles. The number of carbonyl (C=O) groups is 1. The van der Waals surface area contributed by atoms with Crippen molar-refractivity contribution < 1.29 is 18.0 Å². The highest BCUT2D eigenvalue weighted by molar-refractivity contribution is 6.32. The Bertz CT molecular complexity index is 1130. The Labute approximate surface area is 194 Å². The van der Waals surface area contributed by atoms with Gasteiger partial charge in [0.15, 0.2) is 5.15 Å². The molecule has 178 valence electrons. The molecule has 0 aromatic carbocycles. The Hall–Kier alpha value is -2.75. The zero-order chi connectivity index (χ0) is 23.8. The SMILES string of the molecule is CC(C)(F)Cn1cc(C(=O)NC2CCC(Nc3cccc4nc(C(F)F)cn34)CC2)c(Cl)n1. The predicted molar refractivity (Wildman–Crippen MR) is 120 cm³/mol. The van der Waals surface area contributed by atoms with Gasteiger partial charge in [-0.05, 0) is 51.7 Å². The molecule has 1 fully saturated rings. The second-order valence-electron chi connectivity index (χ2n) is 9.02. The van der Waals surface area contributed by atoms with E-state index < -0.39 is 12.1 Å². The summed E-state index contributed by atoms with van der Waals surface area (Å²) in [5, 5.41) is 10.5. The summed E-state index contributed by atoms with van der Waals surface area (Å²) in [7, 11) is 0. The number of halogens is 4. The number of anilines is 1. The number of imidazole rings is 1. The van der Waals surface area contributed by atoms with Gasteiger partial charge in [-0.2, -0.15) is 5.10 Å². The molecule has 0 atom stereocenters. The molecule has 1 amide bonds. The van der Waals surface area contributed by atoms with Crippen molar-refractivity contribution >= 4 is 29.0 Å². The molecule has 0 spiro atoms. The average molecular weight is 483 g/mol. The number of fused-ring (bicyclic) bond motifs is 1. The number of hydrogen-bond donors (Lipinski definition) is 2. The first kappa shape index (κ1) is 23.4. The predicted octanol–water partition coefficient (Wildman–Crippen LogP) is 5.02. The topological polar surface area (TPSA) is 76.2 Å². The van der Waals surface area contributed by atoms with E-state index in [9.17, 15) is 18.0 Å². The third-order valence-electron chi connectivity index (χ3n) is 5.65. The normalized spacial score (nSPS) is 19.2. The van der Waals surface area contributed by atoms with E-state index in [0.29, 0.717) is 11.5 Å². The third kappa shape index (κ3) is 5.61. The minimum Gasteiger partial charge on any atom is -0.368 e. The van der Waals surface area contributed by atoms with Gasteiger partial charge in [-0.3, -0.25) is 13.9 Å². The zero-order valence-electron chi connectivity index (χ0n) is 18.4. The minimum atomic E-state index is -2.62. The second kappa shape index (κ2) is 9.24. The molecule has 0 unspecified atom stereocenters. The van der Waals surface area contributed by atoms with E-state index in [1.165, 1.54) is 30.9 Å². The van der Waals surface area contributed by atoms with Crippen LogP contribution in [0.5, 0.6) is 0 Å². The molecule has 1 aliphatic rings. The summed E-state index contributed by atoms with van der Waals surface area (Å²) in [6, 6.07) is 5.41. The van der Waals surface area contributed by atoms with Crippen LogP contribution >= 0.6 is 11.6 Å². The van der Waals surface area contributed by atoms with Gasteiger partial charge in [0.1, 0.15) is 22.8 Å². The molecule has 0 bridgehead atoms. The van der Waals surface area contributed by atoms with E-state index in [1.54, 1.807) is 16.5 Å². The van der Waals surface area contributed by atoms with Gasteiger partial charge in [-0.25, -0.2) is 18.2 Å². The largest absolute Gasteiger partial charge is 0.368 e. The number of nitrogens with zero attached hydrogens (tertiary/aromatic N) is 4. The van der Waals surface area contributed by atoms with Crippen LogP contribution in [0.15, 0.2) is 30.6 Å². The Kier molecular flexibility index (Phi) is 6.56. The van der Waals surface area contributed by atoms with E-state index >= 15 is 0 Å². The quantitative estimate of drug-likeness (QED) is 0.495. The lowest BCUT2D eigenvalue weighted by Crippen LogP contribution is -2.40. The molecule has 0 saturated heterocycles. The number of amides is 1. The maximum Gasteiger partial charge on any atom is 0.281 e. The van der Waals surface area contributed by atoms with Crippen LogP contribution in [-0.4, -0.2) is 42.8 Å². The van der Waals surface area contributed by atoms with Crippen LogP contribution in [0.2, 0.25) is 5.15 Å². The molecule has 2 N–H and O–H groups in total. The Balaban J connectivity index is 1.33. The highest BCUT2D eigenvalue weighted by atomic mass is 35.5. The Morgan fingerprint density at radius 1 is 1.21 bits per heavy atom. The van der Waals surface area contributed by atoms with Crippen LogP contribution in [0, 0.1) is 0 Å². The first-order valence-corrected chi connectivity index (χ1v) is 11.2. The number of carbonyl (C=O) groups excluding carboxylic acids is 1. The number of rotatable bonds is 7. The van der Waals surface area contributed by atoms with Crippen LogP contribution in [0.1, 0.15) is 62.0 Å². The lowest BCUT2D eigenvalue weighted by atomic mass is 9.91. The molecule has 1 saturated carbocycles. The van der Waals surface area contributed by atoms with Crippen LogP contribution in [-0.2, 0) is 6.54 Å². The van der Waals surface area contributed by atoms with Crippen molar-refractivity contribution in [2.75, 3.05) is 5.32 Å². The molecule has 1 aliphatic carbocycles. The molecule has 3 aromatic rings. The highest BCUT2D eigenvalue weighted by Gasteiger charge is 2.26. The van der Waals surface area contributed by atoms with Crippen molar-refractivity contribution in [3.05, 3.63) is 47.0 Å². The summed E-state index contributed by atoms with van der Waals surface area (Å²) in [6.07, 6.45) is 3.26. The lowest BCUT2D eigenvalue weighted by Gasteiger charge is -2.30. The number of nitrogens with one attached hydrogen (secondary N) is 2. The molecule has 0 aliphatic heterocycles. The zero-order valence-corrected chi connectivity index (χ0v) is 19.1. The van der Waals surface area contributed by atoms with Crippen molar-refractivity contribution in [1.82, 2.24) is 24.5 Å². The first-order valence-electron chi connectivity index (χ1n) is 10.8. The van der Waals surface area contributed by atoms with Crippen molar-refractivity contribution in [3.63, 3.8) is 0 Å². The summed E-state index contributed by atoms with van der Waals surface area (Å²) in [4.78, 5) is 16.6. The van der Waals surface area contributed by atoms with Crippen LogP contribution in [0.3, 0.4) is 0 Å². The van der Waals surface area contributed by atoms with E-state index in [1.807, 2.05) is 6.07 Å². The van der Waals surface area contributed by atoms with Gasteiger partial charge in [-0.1, -0.05) is 17.7 Å². The van der Waals surface area contributed by atoms with Crippen molar-refractivity contribution in [3.8, 4) is 0 Å². The summed E-state index contributed by atoms with van der Waals surface area (Å²) in [5.74, 6) is 0.372. The van der Waals surface area contributed by atoms with Gasteiger partial charge < -0.3 is 10.6 Å². The summed E-state index contributed by atoms with van der Waals surface area (Å²) < 4.78 is 42.8. The van der Waals surface area contributed by atoms with Crippen LogP contribution < -0.4 is 10.6 Å². The Morgan fingerprint density at radius 3 is 2.58 bits per heavy atom. The summed E-state index contributed by atoms with van der Waals surface area (Å²) >= 11 is 6.09. The van der Waals surface area contributed by atoms with Gasteiger partial charge in [0.2, 0.25) is 0 Å². The highest BCUT2D eigenvalue weighted by Crippen LogP contribution is 2.26. The monoisotopic (exact) mass is 482 g/mol. The van der Waals surface area contributed by atoms with Crippen LogP contribution in [0.25, 0.3) is 5.65 Å². The fourth-order valence-electron chi connectivity index (χ4n) is 4.12. The maximum atomic E-state index is 13.9. The Morgan fingerprint density at radius 2 is 1.91 bits per heavy atom. The van der Waals surface area contributed by atoms with E-state index in [4.69, 9.17) is 11.6 Å². The first-order chi connectivity index (χ1) is 15.6. The van der Waals surface area contributed by atoms with Gasteiger partial charge >= 0.3 is 0 Å². The summed E-state index contributed by atoms with van der Waals surface area (Å²) in [5.41, 5.74) is -1.04. The molecule has 3 aromatic heterocycles. The van der Waals surface area contributed by atoms with Gasteiger partial charge in [0.05, 0.1) is 12.1 Å². The second-order valence-corrected chi connectivity index (χ2v) is 9.38. The van der Waals surface area contributed by atoms with E-state index in [-0.39, 0.29) is 40.9 Å². The molecule has 0 radical (unpaired) electrons. The van der Waals surface area contributed by atoms with Gasteiger partial charge in [-0.15, -0.1) is 0 Å². The number of pyridine rings is 1. The van der Waals surface area contributed by atoms with E-state index in [0.717, 1.165) is 25.7 Å². The smallest absolute Gasteiger partial charge is 0.281 e. The number of hydrogen-bond acceptors (Lipinski definition) is 4. The molecule has 7 nitrogen and oxygen atoms in total. The van der Waals surface area contributed by atoms with Crippen molar-refractivity contribution in [2.24, 2.45) is 0 Å². The fraction of sp³-hybridized carbons (Fsp3) is 0.500. The summed E-state index contributed by atoms with van der Waals surface area (Å²) in [6.45, 7) is 2.86.